The number of rotatable bonds is 1. The van der Waals surface area contributed by atoms with Crippen molar-refractivity contribution in [3.63, 3.8) is 0 Å². The fourth-order valence-electron chi connectivity index (χ4n) is 3.44. The largest absolute Gasteiger partial charge is 0.355 e. The molecule has 0 aromatic carbocycles. The van der Waals surface area contributed by atoms with Crippen molar-refractivity contribution in [3.05, 3.63) is 17.8 Å². The van der Waals surface area contributed by atoms with E-state index in [1.807, 2.05) is 0 Å². The van der Waals surface area contributed by atoms with Crippen molar-refractivity contribution >= 4 is 52.2 Å². The van der Waals surface area contributed by atoms with Crippen LogP contribution in [-0.4, -0.2) is 35.6 Å². The van der Waals surface area contributed by atoms with Crippen LogP contribution < -0.4 is 10.2 Å². The minimum absolute atomic E-state index is 0. The summed E-state index contributed by atoms with van der Waals surface area (Å²) in [5.74, 6) is 1.93. The van der Waals surface area contributed by atoms with Crippen LogP contribution in [0.2, 0.25) is 0 Å². The van der Waals surface area contributed by atoms with Crippen LogP contribution in [0.1, 0.15) is 19.3 Å². The van der Waals surface area contributed by atoms with Crippen LogP contribution in [0.3, 0.4) is 0 Å². The number of nitrogens with zero attached hydrogens (tertiary/aromatic N) is 3. The van der Waals surface area contributed by atoms with Crippen molar-refractivity contribution in [2.75, 3.05) is 24.5 Å². The van der Waals surface area contributed by atoms with Gasteiger partial charge in [-0.25, -0.2) is 9.97 Å². The van der Waals surface area contributed by atoms with E-state index >= 15 is 0 Å². The van der Waals surface area contributed by atoms with Gasteiger partial charge in [-0.15, -0.1) is 36.2 Å². The van der Waals surface area contributed by atoms with Gasteiger partial charge in [0.1, 0.15) is 12.1 Å². The molecular weight excluding hydrogens is 327 g/mol. The molecule has 1 N–H and O–H groups in total. The molecule has 0 bridgehead atoms. The molecule has 0 spiro atoms. The van der Waals surface area contributed by atoms with E-state index in [1.165, 1.54) is 30.5 Å². The third-order valence-electron chi connectivity index (χ3n) is 4.42. The number of hydrogen-bond donors (Lipinski definition) is 1. The first-order chi connectivity index (χ1) is 9.42. The summed E-state index contributed by atoms with van der Waals surface area (Å²) in [5.41, 5.74) is 1.08. The zero-order valence-electron chi connectivity index (χ0n) is 11.7. The Kier molecular flexibility index (Phi) is 5.66. The van der Waals surface area contributed by atoms with Crippen LogP contribution in [0.15, 0.2) is 17.8 Å². The van der Waals surface area contributed by atoms with Crippen LogP contribution in [0.5, 0.6) is 0 Å². The Morgan fingerprint density at radius 3 is 3.05 bits per heavy atom. The van der Waals surface area contributed by atoms with Crippen LogP contribution in [-0.2, 0) is 0 Å². The molecule has 2 aliphatic rings. The Morgan fingerprint density at radius 1 is 1.24 bits per heavy atom. The molecular formula is C14H20Cl2N4S. The smallest absolute Gasteiger partial charge is 0.150 e. The summed E-state index contributed by atoms with van der Waals surface area (Å²) in [6, 6.07) is 2.81. The van der Waals surface area contributed by atoms with Crippen molar-refractivity contribution in [1.82, 2.24) is 15.3 Å². The number of piperidine rings is 2. The highest BCUT2D eigenvalue weighted by atomic mass is 35.5. The minimum atomic E-state index is 0. The maximum atomic E-state index is 4.55. The highest BCUT2D eigenvalue weighted by molar-refractivity contribution is 7.17. The molecule has 2 fully saturated rings. The van der Waals surface area contributed by atoms with Gasteiger partial charge in [0.05, 0.1) is 10.2 Å². The first-order valence-corrected chi connectivity index (χ1v) is 7.96. The van der Waals surface area contributed by atoms with E-state index in [1.54, 1.807) is 17.7 Å². The van der Waals surface area contributed by atoms with Crippen molar-refractivity contribution in [2.24, 2.45) is 5.92 Å². The molecule has 2 aromatic rings. The lowest BCUT2D eigenvalue weighted by molar-refractivity contribution is 0.244. The predicted octanol–water partition coefficient (Wildman–Crippen LogP) is 3.11. The lowest BCUT2D eigenvalue weighted by Gasteiger charge is -2.42. The monoisotopic (exact) mass is 346 g/mol. The second-order valence-corrected chi connectivity index (χ2v) is 6.45. The van der Waals surface area contributed by atoms with Crippen molar-refractivity contribution in [1.29, 1.82) is 0 Å². The standard InChI is InChI=1S/C14H18N4S.2ClH/c1-2-10-8-18(6-3-11(10)15-5-1)14-13-12(4-7-19-13)16-9-17-14;;/h4,7,9-11,15H,1-3,5-6,8H2;2*1H/t10-,11+;;/m1../s1. The summed E-state index contributed by atoms with van der Waals surface area (Å²) in [6.07, 6.45) is 5.61. The van der Waals surface area contributed by atoms with Crippen LogP contribution in [0, 0.1) is 5.92 Å². The van der Waals surface area contributed by atoms with Gasteiger partial charge in [0.15, 0.2) is 0 Å². The maximum Gasteiger partial charge on any atom is 0.150 e. The van der Waals surface area contributed by atoms with Gasteiger partial charge in [-0.05, 0) is 43.2 Å². The average molecular weight is 347 g/mol. The number of halogens is 2. The van der Waals surface area contributed by atoms with Gasteiger partial charge < -0.3 is 10.2 Å². The average Bonchev–Trinajstić information content (AvgIpc) is 2.95. The summed E-state index contributed by atoms with van der Waals surface area (Å²) < 4.78 is 1.24. The molecule has 2 saturated heterocycles. The summed E-state index contributed by atoms with van der Waals surface area (Å²) in [5, 5.41) is 5.78. The Balaban J connectivity index is 0.000000807. The third-order valence-corrected chi connectivity index (χ3v) is 5.32. The zero-order chi connectivity index (χ0) is 12.7. The molecule has 21 heavy (non-hydrogen) atoms. The highest BCUT2D eigenvalue weighted by Crippen LogP contribution is 2.32. The summed E-state index contributed by atoms with van der Waals surface area (Å²) in [4.78, 5) is 11.4. The van der Waals surface area contributed by atoms with E-state index < -0.39 is 0 Å². The lowest BCUT2D eigenvalue weighted by Crippen LogP contribution is -2.52. The Hall–Kier alpha value is -0.620. The Morgan fingerprint density at radius 2 is 2.14 bits per heavy atom. The number of aromatic nitrogens is 2. The zero-order valence-corrected chi connectivity index (χ0v) is 14.1. The molecule has 4 heterocycles. The number of nitrogens with one attached hydrogen (secondary N) is 1. The van der Waals surface area contributed by atoms with E-state index in [-0.39, 0.29) is 24.8 Å². The van der Waals surface area contributed by atoms with Gasteiger partial charge in [-0.3, -0.25) is 0 Å². The van der Waals surface area contributed by atoms with E-state index in [0.29, 0.717) is 0 Å². The molecule has 0 unspecified atom stereocenters. The molecule has 0 amide bonds. The second-order valence-electron chi connectivity index (χ2n) is 5.53. The molecule has 116 valence electrons. The van der Waals surface area contributed by atoms with Gasteiger partial charge in [-0.2, -0.15) is 0 Å². The second kappa shape index (κ2) is 7.09. The molecule has 4 rings (SSSR count). The first kappa shape index (κ1) is 16.7. The molecule has 7 heteroatoms. The number of anilines is 1. The fraction of sp³-hybridized carbons (Fsp3) is 0.571. The third kappa shape index (κ3) is 3.11. The van der Waals surface area contributed by atoms with Crippen LogP contribution in [0.4, 0.5) is 5.82 Å². The lowest BCUT2D eigenvalue weighted by atomic mass is 9.85. The molecule has 2 aliphatic heterocycles. The molecule has 2 atom stereocenters. The van der Waals surface area contributed by atoms with Crippen molar-refractivity contribution in [3.8, 4) is 0 Å². The van der Waals surface area contributed by atoms with Crippen LogP contribution >= 0.6 is 36.2 Å². The molecule has 0 aliphatic carbocycles. The Labute approximate surface area is 141 Å². The van der Waals surface area contributed by atoms with E-state index in [2.05, 4.69) is 31.6 Å². The quantitative estimate of drug-likeness (QED) is 0.861. The molecule has 2 aromatic heterocycles. The summed E-state index contributed by atoms with van der Waals surface area (Å²) in [6.45, 7) is 3.45. The van der Waals surface area contributed by atoms with Gasteiger partial charge in [0.25, 0.3) is 0 Å². The van der Waals surface area contributed by atoms with Crippen molar-refractivity contribution in [2.45, 2.75) is 25.3 Å². The SMILES string of the molecule is Cl.Cl.c1nc(N2CC[C@@H]3NCCC[C@@H]3C2)c2sccc2n1. The highest BCUT2D eigenvalue weighted by Gasteiger charge is 2.32. The van der Waals surface area contributed by atoms with E-state index in [4.69, 9.17) is 0 Å². The number of thiophene rings is 1. The first-order valence-electron chi connectivity index (χ1n) is 7.08. The summed E-state index contributed by atoms with van der Waals surface area (Å²) >= 11 is 1.75. The normalized spacial score (nSPS) is 24.9. The van der Waals surface area contributed by atoms with Gasteiger partial charge >= 0.3 is 0 Å². The van der Waals surface area contributed by atoms with E-state index in [0.717, 1.165) is 36.4 Å². The Bertz CT molecular complexity index is 591. The maximum absolute atomic E-state index is 4.55. The predicted molar refractivity (Wildman–Crippen MR) is 93.3 cm³/mol. The molecule has 4 nitrogen and oxygen atoms in total. The van der Waals surface area contributed by atoms with Gasteiger partial charge in [0, 0.05) is 19.1 Å². The van der Waals surface area contributed by atoms with Gasteiger partial charge in [0.2, 0.25) is 0 Å². The van der Waals surface area contributed by atoms with Crippen molar-refractivity contribution < 1.29 is 0 Å². The topological polar surface area (TPSA) is 41.1 Å². The van der Waals surface area contributed by atoms with Gasteiger partial charge in [-0.1, -0.05) is 0 Å². The molecule has 0 radical (unpaired) electrons. The minimum Gasteiger partial charge on any atom is -0.355 e. The summed E-state index contributed by atoms with van der Waals surface area (Å²) in [7, 11) is 0. The van der Waals surface area contributed by atoms with E-state index in [9.17, 15) is 0 Å². The van der Waals surface area contributed by atoms with Crippen LogP contribution in [0.25, 0.3) is 10.2 Å². The molecule has 0 saturated carbocycles. The fourth-order valence-corrected chi connectivity index (χ4v) is 4.30. The number of fused-ring (bicyclic) bond motifs is 2. The number of hydrogen-bond acceptors (Lipinski definition) is 5.